The Bertz CT molecular complexity index is 414. The average Bonchev–Trinajstić information content (AvgIpc) is 2.76. The zero-order valence-electron chi connectivity index (χ0n) is 8.23. The van der Waals surface area contributed by atoms with E-state index in [9.17, 15) is 9.59 Å². The molecule has 6 heteroatoms. The van der Waals surface area contributed by atoms with Crippen LogP contribution in [0, 0.1) is 0 Å². The molecule has 0 aromatic carbocycles. The van der Waals surface area contributed by atoms with E-state index in [-0.39, 0.29) is 12.3 Å². The van der Waals surface area contributed by atoms with Crippen LogP contribution in [0.25, 0.3) is 0 Å². The highest BCUT2D eigenvalue weighted by Crippen LogP contribution is 2.27. The maximum Gasteiger partial charge on any atom is 0.359 e. The molecular weight excluding hydrogens is 216 g/mol. The van der Waals surface area contributed by atoms with E-state index in [4.69, 9.17) is 4.74 Å². The first-order chi connectivity index (χ1) is 7.27. The molecule has 1 aliphatic rings. The molecular formula is C9H10N2O3S. The molecule has 0 aliphatic carbocycles. The number of carbonyl (C=O) groups excluding carboxylic acids is 2. The van der Waals surface area contributed by atoms with Crippen LogP contribution in [0.15, 0.2) is 5.16 Å². The number of fused-ring (bicyclic) bond motifs is 1. The van der Waals surface area contributed by atoms with Crippen LogP contribution in [-0.4, -0.2) is 34.2 Å². The van der Waals surface area contributed by atoms with Crippen molar-refractivity contribution in [3.63, 3.8) is 0 Å². The molecule has 0 atom stereocenters. The summed E-state index contributed by atoms with van der Waals surface area (Å²) in [7, 11) is 0. The number of esters is 1. The molecule has 0 spiro atoms. The SMILES string of the molecule is CCOC(=O)c1nc2n(c1C=O)CCS2. The zero-order valence-corrected chi connectivity index (χ0v) is 9.04. The Kier molecular flexibility index (Phi) is 2.77. The smallest absolute Gasteiger partial charge is 0.359 e. The van der Waals surface area contributed by atoms with Crippen molar-refractivity contribution in [2.24, 2.45) is 0 Å². The summed E-state index contributed by atoms with van der Waals surface area (Å²) in [6, 6.07) is 0. The van der Waals surface area contributed by atoms with Crippen LogP contribution in [0.5, 0.6) is 0 Å². The lowest BCUT2D eigenvalue weighted by Gasteiger charge is -2.00. The van der Waals surface area contributed by atoms with Crippen molar-refractivity contribution >= 4 is 24.0 Å². The summed E-state index contributed by atoms with van der Waals surface area (Å²) >= 11 is 1.54. The second-order valence-electron chi connectivity index (χ2n) is 2.97. The van der Waals surface area contributed by atoms with Crippen molar-refractivity contribution in [3.05, 3.63) is 11.4 Å². The fraction of sp³-hybridized carbons (Fsp3) is 0.444. The monoisotopic (exact) mass is 226 g/mol. The van der Waals surface area contributed by atoms with Gasteiger partial charge in [-0.25, -0.2) is 9.78 Å². The molecule has 80 valence electrons. The van der Waals surface area contributed by atoms with E-state index in [0.29, 0.717) is 12.0 Å². The lowest BCUT2D eigenvalue weighted by atomic mass is 10.3. The van der Waals surface area contributed by atoms with Gasteiger partial charge in [-0.05, 0) is 6.92 Å². The van der Waals surface area contributed by atoms with Crippen molar-refractivity contribution in [3.8, 4) is 0 Å². The maximum atomic E-state index is 11.5. The minimum atomic E-state index is -0.526. The normalized spacial score (nSPS) is 13.7. The molecule has 1 aliphatic heterocycles. The molecule has 0 amide bonds. The lowest BCUT2D eigenvalue weighted by molar-refractivity contribution is 0.0517. The summed E-state index contributed by atoms with van der Waals surface area (Å²) in [4.78, 5) is 26.4. The molecule has 0 fully saturated rings. The second-order valence-corrected chi connectivity index (χ2v) is 4.03. The minimum absolute atomic E-state index is 0.133. The molecule has 0 radical (unpaired) electrons. The van der Waals surface area contributed by atoms with Crippen molar-refractivity contribution in [1.29, 1.82) is 0 Å². The predicted molar refractivity (Wildman–Crippen MR) is 54.3 cm³/mol. The number of aromatic nitrogens is 2. The van der Waals surface area contributed by atoms with E-state index in [0.717, 1.165) is 17.5 Å². The van der Waals surface area contributed by atoms with Gasteiger partial charge >= 0.3 is 5.97 Å². The molecule has 0 N–H and O–H groups in total. The van der Waals surface area contributed by atoms with Gasteiger partial charge in [0.1, 0.15) is 5.69 Å². The molecule has 0 saturated carbocycles. The number of rotatable bonds is 3. The predicted octanol–water partition coefficient (Wildman–Crippen LogP) is 0.978. The van der Waals surface area contributed by atoms with Gasteiger partial charge in [-0.1, -0.05) is 11.8 Å². The van der Waals surface area contributed by atoms with Crippen LogP contribution in [0.4, 0.5) is 0 Å². The first-order valence-electron chi connectivity index (χ1n) is 4.63. The minimum Gasteiger partial charge on any atom is -0.461 e. The molecule has 15 heavy (non-hydrogen) atoms. The highest BCUT2D eigenvalue weighted by molar-refractivity contribution is 7.99. The lowest BCUT2D eigenvalue weighted by Crippen LogP contribution is -2.10. The van der Waals surface area contributed by atoms with Crippen LogP contribution in [0.1, 0.15) is 27.9 Å². The first kappa shape index (κ1) is 10.2. The Morgan fingerprint density at radius 1 is 1.73 bits per heavy atom. The van der Waals surface area contributed by atoms with Crippen LogP contribution < -0.4 is 0 Å². The Hall–Kier alpha value is -1.30. The summed E-state index contributed by atoms with van der Waals surface area (Å²) in [5, 5.41) is 0.722. The second kappa shape index (κ2) is 4.06. The number of aldehydes is 1. The van der Waals surface area contributed by atoms with Gasteiger partial charge in [0.05, 0.1) is 6.61 Å². The molecule has 1 aromatic heterocycles. The summed E-state index contributed by atoms with van der Waals surface area (Å²) in [6.45, 7) is 2.73. The third-order valence-electron chi connectivity index (χ3n) is 2.10. The highest BCUT2D eigenvalue weighted by atomic mass is 32.2. The van der Waals surface area contributed by atoms with Gasteiger partial charge in [0.15, 0.2) is 17.1 Å². The number of hydrogen-bond acceptors (Lipinski definition) is 5. The standard InChI is InChI=1S/C9H10N2O3S/c1-2-14-8(13)7-6(5-12)11-3-4-15-9(11)10-7/h5H,2-4H2,1H3. The van der Waals surface area contributed by atoms with E-state index in [1.165, 1.54) is 11.8 Å². The molecule has 1 aromatic rings. The topological polar surface area (TPSA) is 61.2 Å². The summed E-state index contributed by atoms with van der Waals surface area (Å²) in [5.74, 6) is 0.369. The molecule has 0 unspecified atom stereocenters. The van der Waals surface area contributed by atoms with Gasteiger partial charge in [0.25, 0.3) is 0 Å². The number of nitrogens with zero attached hydrogens (tertiary/aromatic N) is 2. The highest BCUT2D eigenvalue weighted by Gasteiger charge is 2.25. The third kappa shape index (κ3) is 1.65. The third-order valence-corrected chi connectivity index (χ3v) is 3.05. The number of carbonyl (C=O) groups is 2. The van der Waals surface area contributed by atoms with E-state index in [1.54, 1.807) is 11.5 Å². The Morgan fingerprint density at radius 3 is 3.20 bits per heavy atom. The van der Waals surface area contributed by atoms with Gasteiger partial charge in [-0.3, -0.25) is 4.79 Å². The Balaban J connectivity index is 2.40. The molecule has 0 saturated heterocycles. The van der Waals surface area contributed by atoms with E-state index in [1.807, 2.05) is 0 Å². The van der Waals surface area contributed by atoms with Crippen molar-refractivity contribution in [2.45, 2.75) is 18.6 Å². The van der Waals surface area contributed by atoms with E-state index >= 15 is 0 Å². The Morgan fingerprint density at radius 2 is 2.53 bits per heavy atom. The number of ether oxygens (including phenoxy) is 1. The van der Waals surface area contributed by atoms with E-state index in [2.05, 4.69) is 4.98 Å². The summed E-state index contributed by atoms with van der Waals surface area (Å²) < 4.78 is 6.58. The van der Waals surface area contributed by atoms with Gasteiger partial charge in [0, 0.05) is 12.3 Å². The fourth-order valence-corrected chi connectivity index (χ4v) is 2.43. The van der Waals surface area contributed by atoms with Crippen LogP contribution in [0.2, 0.25) is 0 Å². The van der Waals surface area contributed by atoms with Gasteiger partial charge < -0.3 is 9.30 Å². The van der Waals surface area contributed by atoms with Crippen LogP contribution >= 0.6 is 11.8 Å². The fourth-order valence-electron chi connectivity index (χ4n) is 1.47. The maximum absolute atomic E-state index is 11.5. The largest absolute Gasteiger partial charge is 0.461 e. The summed E-state index contributed by atoms with van der Waals surface area (Å²) in [6.07, 6.45) is 0.661. The van der Waals surface area contributed by atoms with Crippen molar-refractivity contribution in [2.75, 3.05) is 12.4 Å². The van der Waals surface area contributed by atoms with Gasteiger partial charge in [0.2, 0.25) is 0 Å². The number of thioether (sulfide) groups is 1. The first-order valence-corrected chi connectivity index (χ1v) is 5.62. The molecule has 2 rings (SSSR count). The molecule has 0 bridgehead atoms. The molecule has 5 nitrogen and oxygen atoms in total. The van der Waals surface area contributed by atoms with Gasteiger partial charge in [-0.2, -0.15) is 0 Å². The average molecular weight is 226 g/mol. The van der Waals surface area contributed by atoms with Crippen molar-refractivity contribution < 1.29 is 14.3 Å². The van der Waals surface area contributed by atoms with Crippen LogP contribution in [0.3, 0.4) is 0 Å². The summed E-state index contributed by atoms with van der Waals surface area (Å²) in [5.41, 5.74) is 0.461. The quantitative estimate of drug-likeness (QED) is 0.568. The van der Waals surface area contributed by atoms with Crippen LogP contribution in [-0.2, 0) is 11.3 Å². The Labute approximate surface area is 90.8 Å². The number of hydrogen-bond donors (Lipinski definition) is 0. The van der Waals surface area contributed by atoms with Crippen molar-refractivity contribution in [1.82, 2.24) is 9.55 Å². The molecule has 2 heterocycles. The zero-order chi connectivity index (χ0) is 10.8. The van der Waals surface area contributed by atoms with Gasteiger partial charge in [-0.15, -0.1) is 0 Å². The number of imidazole rings is 1. The van der Waals surface area contributed by atoms with E-state index < -0.39 is 5.97 Å².